The molecule has 2 aliphatic heterocycles. The second kappa shape index (κ2) is 11.5. The zero-order chi connectivity index (χ0) is 31.6. The van der Waals surface area contributed by atoms with Crippen LogP contribution in [0.2, 0.25) is 0 Å². The molecular weight excluding hydrogens is 623 g/mol. The maximum absolute atomic E-state index is 14.1. The number of aryl methyl sites for hydroxylation is 3. The van der Waals surface area contributed by atoms with Crippen molar-refractivity contribution in [3.05, 3.63) is 59.3 Å². The fourth-order valence-corrected chi connectivity index (χ4v) is 10.5. The Kier molecular flexibility index (Phi) is 7.37. The van der Waals surface area contributed by atoms with Crippen LogP contribution in [0.15, 0.2) is 40.0 Å². The van der Waals surface area contributed by atoms with Crippen molar-refractivity contribution >= 4 is 37.2 Å². The van der Waals surface area contributed by atoms with Crippen LogP contribution >= 0.6 is 11.3 Å². The average Bonchev–Trinajstić information content (AvgIpc) is 3.87. The molecule has 1 unspecified atom stereocenters. The quantitative estimate of drug-likeness (QED) is 0.202. The van der Waals surface area contributed by atoms with Gasteiger partial charge < -0.3 is 14.5 Å². The summed E-state index contributed by atoms with van der Waals surface area (Å²) >= 11 is 1.48. The molecule has 11 nitrogen and oxygen atoms in total. The maximum Gasteiger partial charge on any atom is 0.250 e. The molecule has 5 aromatic heterocycles. The summed E-state index contributed by atoms with van der Waals surface area (Å²) in [5, 5.41) is 12.2. The van der Waals surface area contributed by atoms with E-state index in [-0.39, 0.29) is 40.5 Å². The number of nitrogens with one attached hydrogen (secondary N) is 1. The number of sulfone groups is 1. The third-order valence-corrected chi connectivity index (χ3v) is 12.4. The highest BCUT2D eigenvalue weighted by Gasteiger charge is 2.43. The van der Waals surface area contributed by atoms with Crippen LogP contribution in [-0.2, 0) is 27.4 Å². The molecule has 0 spiro atoms. The van der Waals surface area contributed by atoms with Gasteiger partial charge in [0.15, 0.2) is 9.84 Å². The Bertz CT molecular complexity index is 2070. The summed E-state index contributed by atoms with van der Waals surface area (Å²) in [7, 11) is -3.68. The zero-order valence-electron chi connectivity index (χ0n) is 26.0. The summed E-state index contributed by atoms with van der Waals surface area (Å²) in [5.74, 6) is 1.27. The topological polar surface area (TPSA) is 146 Å². The molecule has 7 heterocycles. The first kappa shape index (κ1) is 29.6. The SMILES string of the molecule is Cc1nnc(-c2c(CCC3CCCO3)nc3c(c2-c2cc4ncnc(N[C@@H]5CCc6ncccc65)c4s2)S(=O)(=O)C[C@@H]3C(C)C)o1. The lowest BCUT2D eigenvalue weighted by molar-refractivity contribution is 0.104. The van der Waals surface area contributed by atoms with Crippen molar-refractivity contribution in [2.45, 2.75) is 82.3 Å². The Morgan fingerprint density at radius 3 is 2.80 bits per heavy atom. The summed E-state index contributed by atoms with van der Waals surface area (Å²) in [6, 6.07) is 6.11. The van der Waals surface area contributed by atoms with Crippen molar-refractivity contribution < 1.29 is 17.6 Å². The second-order valence-electron chi connectivity index (χ2n) is 12.8. The Hall–Kier alpha value is -3.81. The smallest absolute Gasteiger partial charge is 0.250 e. The highest BCUT2D eigenvalue weighted by atomic mass is 32.2. The van der Waals surface area contributed by atoms with Gasteiger partial charge >= 0.3 is 0 Å². The van der Waals surface area contributed by atoms with Crippen molar-refractivity contribution in [1.82, 2.24) is 30.1 Å². The Labute approximate surface area is 271 Å². The lowest BCUT2D eigenvalue weighted by atomic mass is 9.90. The molecule has 238 valence electrons. The number of pyridine rings is 2. The van der Waals surface area contributed by atoms with E-state index in [1.807, 2.05) is 18.3 Å². The van der Waals surface area contributed by atoms with Gasteiger partial charge in [-0.05, 0) is 62.1 Å². The van der Waals surface area contributed by atoms with Crippen molar-refractivity contribution in [3.8, 4) is 21.9 Å². The van der Waals surface area contributed by atoms with Crippen LogP contribution in [0.1, 0.15) is 80.0 Å². The minimum atomic E-state index is -3.68. The number of fused-ring (bicyclic) bond motifs is 3. The van der Waals surface area contributed by atoms with E-state index in [2.05, 4.69) is 50.4 Å². The Balaban J connectivity index is 1.32. The van der Waals surface area contributed by atoms with Gasteiger partial charge in [0.2, 0.25) is 11.8 Å². The molecule has 1 saturated heterocycles. The van der Waals surface area contributed by atoms with Gasteiger partial charge in [-0.3, -0.25) is 9.97 Å². The minimum Gasteiger partial charge on any atom is -0.421 e. The fourth-order valence-electron chi connectivity index (χ4n) is 7.13. The first-order chi connectivity index (χ1) is 22.3. The average molecular weight is 658 g/mol. The van der Waals surface area contributed by atoms with E-state index < -0.39 is 9.84 Å². The number of anilines is 1. The predicted molar refractivity (Wildman–Crippen MR) is 175 cm³/mol. The number of rotatable bonds is 8. The number of nitrogens with zero attached hydrogens (tertiary/aromatic N) is 6. The van der Waals surface area contributed by atoms with E-state index in [4.69, 9.17) is 14.1 Å². The number of hydrogen-bond acceptors (Lipinski definition) is 12. The maximum atomic E-state index is 14.1. The standard InChI is InChI=1S/C33H35N7O4S2/c1-17(2)21-15-46(41,42)31-28(27(33-40-39-18(3)44-33)24(37-29(21)31)9-8-19-6-5-13-43-19)26-14-25-30(45-26)32(36-16-35-25)38-23-11-10-22-20(23)7-4-12-34-22/h4,7,12,14,16-17,19,21,23H,5-6,8-11,13,15H2,1-3H3,(H,35,36,38)/t19?,21-,23-/m1/s1. The first-order valence-corrected chi connectivity index (χ1v) is 18.4. The van der Waals surface area contributed by atoms with Gasteiger partial charge in [0.05, 0.1) is 50.0 Å². The number of thiophene rings is 1. The second-order valence-corrected chi connectivity index (χ2v) is 15.8. The fraction of sp³-hybridized carbons (Fsp3) is 0.455. The zero-order valence-corrected chi connectivity index (χ0v) is 27.6. The Morgan fingerprint density at radius 2 is 2.02 bits per heavy atom. The lowest BCUT2D eigenvalue weighted by Crippen LogP contribution is -2.12. The summed E-state index contributed by atoms with van der Waals surface area (Å²) in [6.45, 7) is 6.61. The number of hydrogen-bond donors (Lipinski definition) is 1. The highest BCUT2D eigenvalue weighted by molar-refractivity contribution is 7.92. The summed E-state index contributed by atoms with van der Waals surface area (Å²) in [5.41, 5.74) is 5.55. The first-order valence-electron chi connectivity index (χ1n) is 15.9. The highest BCUT2D eigenvalue weighted by Crippen LogP contribution is 2.51. The van der Waals surface area contributed by atoms with E-state index in [0.29, 0.717) is 35.0 Å². The third kappa shape index (κ3) is 5.08. The summed E-state index contributed by atoms with van der Waals surface area (Å²) < 4.78 is 41.0. The van der Waals surface area contributed by atoms with E-state index >= 15 is 0 Å². The van der Waals surface area contributed by atoms with Gasteiger partial charge in [-0.1, -0.05) is 19.9 Å². The van der Waals surface area contributed by atoms with Crippen molar-refractivity contribution in [2.24, 2.45) is 5.92 Å². The molecule has 8 rings (SSSR count). The third-order valence-electron chi connectivity index (χ3n) is 9.43. The summed E-state index contributed by atoms with van der Waals surface area (Å²) in [6.07, 6.45) is 8.75. The van der Waals surface area contributed by atoms with Crippen LogP contribution in [0.25, 0.3) is 32.1 Å². The van der Waals surface area contributed by atoms with Crippen LogP contribution in [0.3, 0.4) is 0 Å². The van der Waals surface area contributed by atoms with Gasteiger partial charge in [0.1, 0.15) is 12.1 Å². The van der Waals surface area contributed by atoms with Crippen LogP contribution in [-0.4, -0.2) is 57.0 Å². The van der Waals surface area contributed by atoms with E-state index in [0.717, 1.165) is 65.2 Å². The molecule has 0 radical (unpaired) electrons. The summed E-state index contributed by atoms with van der Waals surface area (Å²) in [4.78, 5) is 20.0. The van der Waals surface area contributed by atoms with Gasteiger partial charge in [-0.2, -0.15) is 0 Å². The molecule has 5 aromatic rings. The largest absolute Gasteiger partial charge is 0.421 e. The van der Waals surface area contributed by atoms with Gasteiger partial charge in [-0.25, -0.2) is 18.4 Å². The molecule has 3 aliphatic rings. The van der Waals surface area contributed by atoms with Gasteiger partial charge in [0.25, 0.3) is 0 Å². The van der Waals surface area contributed by atoms with Crippen LogP contribution in [0, 0.1) is 12.8 Å². The molecule has 0 amide bonds. The van der Waals surface area contributed by atoms with Crippen molar-refractivity contribution in [1.29, 1.82) is 0 Å². The van der Waals surface area contributed by atoms with Crippen LogP contribution in [0.4, 0.5) is 5.82 Å². The lowest BCUT2D eigenvalue weighted by Gasteiger charge is -2.19. The molecular formula is C33H35N7O4S2. The van der Waals surface area contributed by atoms with E-state index in [9.17, 15) is 8.42 Å². The Morgan fingerprint density at radius 1 is 1.13 bits per heavy atom. The van der Waals surface area contributed by atoms with Crippen molar-refractivity contribution in [2.75, 3.05) is 17.7 Å². The molecule has 1 N–H and O–H groups in total. The molecule has 0 bridgehead atoms. The molecule has 3 atom stereocenters. The molecule has 13 heteroatoms. The predicted octanol–water partition coefficient (Wildman–Crippen LogP) is 6.24. The molecule has 0 saturated carbocycles. The van der Waals surface area contributed by atoms with Crippen molar-refractivity contribution in [3.63, 3.8) is 0 Å². The molecule has 0 aromatic carbocycles. The normalized spacial score (nSPS) is 21.7. The molecule has 1 aliphatic carbocycles. The van der Waals surface area contributed by atoms with Gasteiger partial charge in [-0.15, -0.1) is 21.5 Å². The van der Waals surface area contributed by atoms with E-state index in [1.165, 1.54) is 16.9 Å². The molecule has 46 heavy (non-hydrogen) atoms. The number of aromatic nitrogens is 6. The van der Waals surface area contributed by atoms with Gasteiger partial charge in [0, 0.05) is 41.8 Å². The minimum absolute atomic E-state index is 0.0180. The van der Waals surface area contributed by atoms with E-state index in [1.54, 1.807) is 13.3 Å². The molecule has 1 fully saturated rings. The van der Waals surface area contributed by atoms with Crippen LogP contribution in [0.5, 0.6) is 0 Å². The van der Waals surface area contributed by atoms with Crippen LogP contribution < -0.4 is 5.32 Å². The number of ether oxygens (including phenoxy) is 1. The monoisotopic (exact) mass is 657 g/mol.